The molecule has 2 fully saturated rings. The van der Waals surface area contributed by atoms with Crippen LogP contribution in [0.5, 0.6) is 0 Å². The summed E-state index contributed by atoms with van der Waals surface area (Å²) < 4.78 is 11.0. The Morgan fingerprint density at radius 1 is 0.902 bits per heavy atom. The third-order valence-electron chi connectivity index (χ3n) is 9.07. The Bertz CT molecular complexity index is 1470. The maximum Gasteiger partial charge on any atom is 0.318 e. The maximum absolute atomic E-state index is 13.0. The third-order valence-corrected chi connectivity index (χ3v) is 9.07. The molecule has 2 heterocycles. The fourth-order valence-corrected chi connectivity index (χ4v) is 6.51. The van der Waals surface area contributed by atoms with Gasteiger partial charge in [-0.3, -0.25) is 9.69 Å². The van der Waals surface area contributed by atoms with Gasteiger partial charge < -0.3 is 19.5 Å². The second-order valence-corrected chi connectivity index (χ2v) is 11.6. The van der Waals surface area contributed by atoms with E-state index in [2.05, 4.69) is 77.5 Å². The molecule has 1 atom stereocenters. The van der Waals surface area contributed by atoms with Crippen molar-refractivity contribution in [3.63, 3.8) is 0 Å². The highest BCUT2D eigenvalue weighted by Gasteiger charge is 2.38. The summed E-state index contributed by atoms with van der Waals surface area (Å²) in [4.78, 5) is 17.7. The average molecular weight is 553 g/mol. The van der Waals surface area contributed by atoms with E-state index in [9.17, 15) is 9.90 Å². The zero-order valence-electron chi connectivity index (χ0n) is 23.9. The second kappa shape index (κ2) is 12.2. The molecule has 41 heavy (non-hydrogen) atoms. The van der Waals surface area contributed by atoms with Crippen molar-refractivity contribution in [1.82, 2.24) is 4.90 Å². The highest BCUT2D eigenvalue weighted by atomic mass is 16.5. The van der Waals surface area contributed by atoms with Crippen molar-refractivity contribution < 1.29 is 19.4 Å². The predicted molar refractivity (Wildman–Crippen MR) is 163 cm³/mol. The van der Waals surface area contributed by atoms with E-state index < -0.39 is 11.4 Å². The molecular formula is C35H40N2O4. The highest BCUT2D eigenvalue weighted by molar-refractivity contribution is 5.90. The van der Waals surface area contributed by atoms with Gasteiger partial charge in [-0.15, -0.1) is 0 Å². The number of fused-ring (bicyclic) bond motifs is 1. The van der Waals surface area contributed by atoms with Gasteiger partial charge in [0.1, 0.15) is 5.41 Å². The van der Waals surface area contributed by atoms with Crippen LogP contribution in [0.15, 0.2) is 66.7 Å². The minimum absolute atomic E-state index is 0.529. The fraction of sp³-hybridized carbons (Fsp3) is 0.400. The van der Waals surface area contributed by atoms with Gasteiger partial charge >= 0.3 is 5.97 Å². The van der Waals surface area contributed by atoms with Crippen molar-refractivity contribution >= 4 is 23.8 Å². The Morgan fingerprint density at radius 3 is 2.29 bits per heavy atom. The molecule has 6 rings (SSSR count). The van der Waals surface area contributed by atoms with Gasteiger partial charge in [0.25, 0.3) is 0 Å². The normalized spacial score (nSPS) is 21.5. The minimum Gasteiger partial charge on any atom is -0.480 e. The molecule has 1 unspecified atom stereocenters. The number of hydrogen-bond acceptors (Lipinski definition) is 5. The average Bonchev–Trinajstić information content (AvgIpc) is 3.22. The second-order valence-electron chi connectivity index (χ2n) is 11.6. The van der Waals surface area contributed by atoms with E-state index in [1.165, 1.54) is 11.3 Å². The van der Waals surface area contributed by atoms with E-state index in [0.29, 0.717) is 18.9 Å². The first-order valence-electron chi connectivity index (χ1n) is 14.9. The van der Waals surface area contributed by atoms with E-state index >= 15 is 0 Å². The monoisotopic (exact) mass is 552 g/mol. The summed E-state index contributed by atoms with van der Waals surface area (Å²) in [6, 6.07) is 23.9. The lowest BCUT2D eigenvalue weighted by Gasteiger charge is -2.31. The van der Waals surface area contributed by atoms with Crippen LogP contribution in [0.3, 0.4) is 0 Å². The highest BCUT2D eigenvalue weighted by Crippen LogP contribution is 2.34. The number of rotatable bonds is 7. The standard InChI is InChI=1S/C35H40N2O4/c1-36(32-14-19-40-20-15-32)25-26-4-10-31(11-5-26)35(34(38)39)16-2-3-27-6-7-29(23-30(27)24-35)28-8-12-33(13-9-28)37-17-21-41-22-18-37/h3-13,23-24,32H,2,14-22,25H2,1H3,(H,38,39). The molecule has 3 aromatic rings. The number of carbonyl (C=O) groups is 1. The number of nitrogens with zero attached hydrogens (tertiary/aromatic N) is 2. The number of morpholine rings is 1. The molecule has 0 bridgehead atoms. The summed E-state index contributed by atoms with van der Waals surface area (Å²) in [6.07, 6.45) is 7.52. The van der Waals surface area contributed by atoms with Crippen molar-refractivity contribution in [2.24, 2.45) is 0 Å². The molecule has 0 saturated carbocycles. The van der Waals surface area contributed by atoms with Crippen molar-refractivity contribution in [2.75, 3.05) is 51.5 Å². The first-order chi connectivity index (χ1) is 20.0. The van der Waals surface area contributed by atoms with Crippen LogP contribution in [0.4, 0.5) is 5.69 Å². The fourth-order valence-electron chi connectivity index (χ4n) is 6.51. The van der Waals surface area contributed by atoms with Gasteiger partial charge in [0.15, 0.2) is 0 Å². The van der Waals surface area contributed by atoms with Crippen LogP contribution >= 0.6 is 0 Å². The lowest BCUT2D eigenvalue weighted by molar-refractivity contribution is -0.141. The largest absolute Gasteiger partial charge is 0.480 e. The van der Waals surface area contributed by atoms with Crippen LogP contribution in [-0.4, -0.2) is 68.6 Å². The number of hydrogen-bond donors (Lipinski definition) is 1. The number of carboxylic acid groups (broad SMARTS) is 1. The Morgan fingerprint density at radius 2 is 1.59 bits per heavy atom. The van der Waals surface area contributed by atoms with Crippen LogP contribution in [0.25, 0.3) is 23.3 Å². The SMILES string of the molecule is CN(Cc1ccc(C2(C(=O)O)C=c3cc(-c4ccc(N5CCOCC5)cc4)ccc3=CCC2)cc1)C1CCOCC1. The molecule has 6 nitrogen and oxygen atoms in total. The summed E-state index contributed by atoms with van der Waals surface area (Å²) in [5.41, 5.74) is 4.39. The molecule has 3 aliphatic rings. The van der Waals surface area contributed by atoms with Crippen LogP contribution in [0.1, 0.15) is 36.8 Å². The number of carboxylic acids is 1. The van der Waals surface area contributed by atoms with E-state index in [-0.39, 0.29) is 0 Å². The van der Waals surface area contributed by atoms with Crippen molar-refractivity contribution in [3.8, 4) is 11.1 Å². The Hall–Kier alpha value is -3.45. The van der Waals surface area contributed by atoms with Crippen molar-refractivity contribution in [1.29, 1.82) is 0 Å². The topological polar surface area (TPSA) is 62.2 Å². The summed E-state index contributed by atoms with van der Waals surface area (Å²) in [7, 11) is 2.17. The summed E-state index contributed by atoms with van der Waals surface area (Å²) in [5, 5.41) is 12.7. The molecule has 1 N–H and O–H groups in total. The molecule has 0 amide bonds. The molecule has 2 aliphatic heterocycles. The smallest absolute Gasteiger partial charge is 0.318 e. The quantitative estimate of drug-likeness (QED) is 0.475. The maximum atomic E-state index is 13.0. The van der Waals surface area contributed by atoms with Gasteiger partial charge in [0, 0.05) is 44.6 Å². The third kappa shape index (κ3) is 5.96. The predicted octanol–water partition coefficient (Wildman–Crippen LogP) is 4.18. The van der Waals surface area contributed by atoms with Gasteiger partial charge in [0.05, 0.1) is 13.2 Å². The minimum atomic E-state index is -1.08. The van der Waals surface area contributed by atoms with Crippen molar-refractivity contribution in [3.05, 3.63) is 88.3 Å². The zero-order chi connectivity index (χ0) is 28.2. The van der Waals surface area contributed by atoms with Gasteiger partial charge in [-0.05, 0) is 83.6 Å². The molecular weight excluding hydrogens is 512 g/mol. The van der Waals surface area contributed by atoms with Gasteiger partial charge in [0.2, 0.25) is 0 Å². The van der Waals surface area contributed by atoms with Crippen LogP contribution in [-0.2, 0) is 26.2 Å². The van der Waals surface area contributed by atoms with E-state index in [1.54, 1.807) is 0 Å². The zero-order valence-corrected chi connectivity index (χ0v) is 23.9. The molecule has 6 heteroatoms. The van der Waals surface area contributed by atoms with Crippen molar-refractivity contribution in [2.45, 2.75) is 43.7 Å². The van der Waals surface area contributed by atoms with Crippen LogP contribution < -0.4 is 15.3 Å². The molecule has 214 valence electrons. The van der Waals surface area contributed by atoms with Crippen LogP contribution in [0, 0.1) is 0 Å². The van der Waals surface area contributed by atoms with E-state index in [1.807, 2.05) is 18.2 Å². The molecule has 3 aromatic carbocycles. The Labute approximate surface area is 242 Å². The molecule has 0 spiro atoms. The number of benzene rings is 3. The lowest BCUT2D eigenvalue weighted by Crippen LogP contribution is -2.37. The Kier molecular flexibility index (Phi) is 8.24. The molecule has 0 aromatic heterocycles. The first-order valence-corrected chi connectivity index (χ1v) is 14.9. The van der Waals surface area contributed by atoms with Gasteiger partial charge in [-0.25, -0.2) is 0 Å². The Balaban J connectivity index is 1.28. The van der Waals surface area contributed by atoms with Gasteiger partial charge in [-0.2, -0.15) is 0 Å². The summed E-state index contributed by atoms with van der Waals surface area (Å²) in [6.45, 7) is 5.84. The molecule has 2 saturated heterocycles. The van der Waals surface area contributed by atoms with E-state index in [0.717, 1.165) is 86.0 Å². The number of aliphatic carboxylic acids is 1. The lowest BCUT2D eigenvalue weighted by atomic mass is 9.76. The number of ether oxygens (including phenoxy) is 2. The summed E-state index contributed by atoms with van der Waals surface area (Å²) in [5.74, 6) is -0.800. The van der Waals surface area contributed by atoms with Gasteiger partial charge in [-0.1, -0.05) is 60.7 Å². The summed E-state index contributed by atoms with van der Waals surface area (Å²) >= 11 is 0. The number of anilines is 1. The van der Waals surface area contributed by atoms with E-state index in [4.69, 9.17) is 9.47 Å². The molecule has 0 radical (unpaired) electrons. The first kappa shape index (κ1) is 27.7. The molecule has 1 aliphatic carbocycles. The van der Waals surface area contributed by atoms with Crippen LogP contribution in [0.2, 0.25) is 0 Å².